The van der Waals surface area contributed by atoms with Crippen LogP contribution in [0.3, 0.4) is 0 Å². The lowest BCUT2D eigenvalue weighted by molar-refractivity contribution is 0.358. The van der Waals surface area contributed by atoms with Crippen molar-refractivity contribution in [3.8, 4) is 0 Å². The maximum atomic E-state index is 12.9. The molecule has 6 nitrogen and oxygen atoms in total. The third-order valence-corrected chi connectivity index (χ3v) is 5.33. The molecule has 20 heavy (non-hydrogen) atoms. The lowest BCUT2D eigenvalue weighted by Gasteiger charge is -2.23. The van der Waals surface area contributed by atoms with Crippen LogP contribution in [-0.2, 0) is 16.6 Å². The summed E-state index contributed by atoms with van der Waals surface area (Å²) in [6, 6.07) is 0.154. The van der Waals surface area contributed by atoms with Gasteiger partial charge in [0.25, 0.3) is 10.0 Å². The van der Waals surface area contributed by atoms with E-state index >= 15 is 0 Å². The predicted molar refractivity (Wildman–Crippen MR) is 77.8 cm³/mol. The molecule has 2 rings (SSSR count). The average Bonchev–Trinajstić information content (AvgIpc) is 3.12. The van der Waals surface area contributed by atoms with Crippen molar-refractivity contribution in [1.82, 2.24) is 19.8 Å². The Morgan fingerprint density at radius 2 is 2.10 bits per heavy atom. The van der Waals surface area contributed by atoms with Gasteiger partial charge >= 0.3 is 0 Å². The van der Waals surface area contributed by atoms with Crippen LogP contribution in [0.1, 0.15) is 37.9 Å². The number of nitrogens with one attached hydrogen (secondary N) is 2. The van der Waals surface area contributed by atoms with Gasteiger partial charge in [-0.2, -0.15) is 9.40 Å². The maximum absolute atomic E-state index is 12.9. The Hall–Kier alpha value is -0.920. The van der Waals surface area contributed by atoms with E-state index in [9.17, 15) is 8.42 Å². The van der Waals surface area contributed by atoms with E-state index in [1.54, 1.807) is 11.4 Å². The molecule has 0 atom stereocenters. The van der Waals surface area contributed by atoms with Crippen LogP contribution in [0.2, 0.25) is 0 Å². The quantitative estimate of drug-likeness (QED) is 0.794. The molecule has 0 aromatic carbocycles. The van der Waals surface area contributed by atoms with Crippen LogP contribution in [0.25, 0.3) is 0 Å². The molecule has 0 saturated heterocycles. The van der Waals surface area contributed by atoms with Crippen LogP contribution in [-0.4, -0.2) is 42.6 Å². The van der Waals surface area contributed by atoms with Gasteiger partial charge in [-0.15, -0.1) is 0 Å². The van der Waals surface area contributed by atoms with Crippen molar-refractivity contribution in [2.24, 2.45) is 5.92 Å². The fourth-order valence-corrected chi connectivity index (χ4v) is 4.32. The Balaban J connectivity index is 2.37. The molecule has 1 aliphatic rings. The Morgan fingerprint density at radius 3 is 2.60 bits per heavy atom. The van der Waals surface area contributed by atoms with Gasteiger partial charge < -0.3 is 5.32 Å². The van der Waals surface area contributed by atoms with Crippen LogP contribution in [0.15, 0.2) is 5.03 Å². The van der Waals surface area contributed by atoms with Crippen LogP contribution in [0.4, 0.5) is 0 Å². The van der Waals surface area contributed by atoms with Crippen LogP contribution >= 0.6 is 0 Å². The number of sulfonamides is 1. The monoisotopic (exact) mass is 300 g/mol. The molecule has 1 aromatic rings. The highest BCUT2D eigenvalue weighted by atomic mass is 32.2. The first-order chi connectivity index (χ1) is 9.37. The largest absolute Gasteiger partial charge is 0.316 e. The van der Waals surface area contributed by atoms with E-state index in [0.717, 1.165) is 24.1 Å². The van der Waals surface area contributed by atoms with Gasteiger partial charge in [0, 0.05) is 30.4 Å². The maximum Gasteiger partial charge on any atom is 0.262 e. The van der Waals surface area contributed by atoms with Crippen molar-refractivity contribution in [1.29, 1.82) is 0 Å². The van der Waals surface area contributed by atoms with Crippen molar-refractivity contribution in [2.75, 3.05) is 13.6 Å². The number of nitrogens with zero attached hydrogens (tertiary/aromatic N) is 2. The summed E-state index contributed by atoms with van der Waals surface area (Å²) < 4.78 is 27.4. The minimum atomic E-state index is -3.51. The van der Waals surface area contributed by atoms with Gasteiger partial charge in [0.05, 0.1) is 0 Å². The molecule has 1 aromatic heterocycles. The Kier molecular flexibility index (Phi) is 4.51. The standard InChI is InChI=1S/C13H24N4O2S/c1-9(2)8-17(11-5-6-11)20(18,19)13-12(7-14-4)10(3)15-16-13/h9,11,14H,5-8H2,1-4H3,(H,15,16). The predicted octanol–water partition coefficient (Wildman–Crippen LogP) is 1.25. The van der Waals surface area contributed by atoms with Crippen molar-refractivity contribution in [2.45, 2.75) is 51.2 Å². The van der Waals surface area contributed by atoms with Gasteiger partial charge in [-0.1, -0.05) is 13.8 Å². The Labute approximate surface area is 121 Å². The van der Waals surface area contributed by atoms with Crippen molar-refractivity contribution >= 4 is 10.0 Å². The van der Waals surface area contributed by atoms with Crippen molar-refractivity contribution in [3.63, 3.8) is 0 Å². The number of H-pyrrole nitrogens is 1. The van der Waals surface area contributed by atoms with Crippen LogP contribution in [0, 0.1) is 12.8 Å². The normalized spacial score (nSPS) is 16.3. The average molecular weight is 300 g/mol. The fourth-order valence-electron chi connectivity index (χ4n) is 2.31. The molecule has 0 radical (unpaired) electrons. The molecule has 1 heterocycles. The zero-order valence-electron chi connectivity index (χ0n) is 12.6. The van der Waals surface area contributed by atoms with E-state index in [1.165, 1.54) is 0 Å². The lowest BCUT2D eigenvalue weighted by atomic mass is 10.2. The Bertz CT molecular complexity index is 561. The number of rotatable bonds is 7. The van der Waals surface area contributed by atoms with Crippen molar-refractivity contribution < 1.29 is 8.42 Å². The summed E-state index contributed by atoms with van der Waals surface area (Å²) in [6.07, 6.45) is 1.91. The summed E-state index contributed by atoms with van der Waals surface area (Å²) in [4.78, 5) is 0. The summed E-state index contributed by atoms with van der Waals surface area (Å²) in [5.41, 5.74) is 1.54. The topological polar surface area (TPSA) is 78.1 Å². The SMILES string of the molecule is CNCc1c(S(=O)(=O)N(CC(C)C)C2CC2)n[nH]c1C. The zero-order valence-corrected chi connectivity index (χ0v) is 13.4. The van der Waals surface area contributed by atoms with E-state index in [1.807, 2.05) is 20.8 Å². The molecular weight excluding hydrogens is 276 g/mol. The van der Waals surface area contributed by atoms with Gasteiger partial charge in [0.15, 0.2) is 5.03 Å². The van der Waals surface area contributed by atoms with Gasteiger partial charge in [-0.3, -0.25) is 5.10 Å². The lowest BCUT2D eigenvalue weighted by Crippen LogP contribution is -2.37. The van der Waals surface area contributed by atoms with Crippen molar-refractivity contribution in [3.05, 3.63) is 11.3 Å². The van der Waals surface area contributed by atoms with Gasteiger partial charge in [-0.25, -0.2) is 8.42 Å². The van der Waals surface area contributed by atoms with Crippen LogP contribution < -0.4 is 5.32 Å². The number of hydrogen-bond acceptors (Lipinski definition) is 4. The van der Waals surface area contributed by atoms with E-state index in [4.69, 9.17) is 0 Å². The molecule has 0 amide bonds. The fraction of sp³-hybridized carbons (Fsp3) is 0.769. The highest BCUT2D eigenvalue weighted by Crippen LogP contribution is 2.33. The minimum absolute atomic E-state index is 0.154. The highest BCUT2D eigenvalue weighted by Gasteiger charge is 2.40. The zero-order chi connectivity index (χ0) is 14.9. The molecule has 1 saturated carbocycles. The molecular formula is C13H24N4O2S. The minimum Gasteiger partial charge on any atom is -0.316 e. The first-order valence-electron chi connectivity index (χ1n) is 7.08. The number of hydrogen-bond donors (Lipinski definition) is 2. The number of aromatic nitrogens is 2. The molecule has 2 N–H and O–H groups in total. The number of aromatic amines is 1. The summed E-state index contributed by atoms with van der Waals surface area (Å²) >= 11 is 0. The molecule has 1 fully saturated rings. The smallest absolute Gasteiger partial charge is 0.262 e. The van der Waals surface area contributed by atoms with E-state index in [-0.39, 0.29) is 11.1 Å². The van der Waals surface area contributed by atoms with Gasteiger partial charge in [0.2, 0.25) is 0 Å². The second-order valence-electron chi connectivity index (χ2n) is 5.86. The molecule has 0 aliphatic heterocycles. The summed E-state index contributed by atoms with van der Waals surface area (Å²) in [6.45, 7) is 6.97. The first kappa shape index (κ1) is 15.5. The molecule has 1 aliphatic carbocycles. The molecule has 0 spiro atoms. The second kappa shape index (κ2) is 5.83. The summed E-state index contributed by atoms with van der Waals surface area (Å²) in [7, 11) is -1.71. The molecule has 114 valence electrons. The molecule has 0 unspecified atom stereocenters. The third-order valence-electron chi connectivity index (χ3n) is 3.44. The number of aryl methyl sites for hydroxylation is 1. The summed E-state index contributed by atoms with van der Waals surface area (Å²) in [5, 5.41) is 10.0. The Morgan fingerprint density at radius 1 is 1.45 bits per heavy atom. The second-order valence-corrected chi connectivity index (χ2v) is 7.67. The summed E-state index contributed by atoms with van der Waals surface area (Å²) in [5.74, 6) is 0.304. The van der Waals surface area contributed by atoms with E-state index < -0.39 is 10.0 Å². The van der Waals surface area contributed by atoms with E-state index in [0.29, 0.717) is 19.0 Å². The van der Waals surface area contributed by atoms with Gasteiger partial charge in [-0.05, 0) is 32.7 Å². The van der Waals surface area contributed by atoms with Gasteiger partial charge in [0.1, 0.15) is 0 Å². The first-order valence-corrected chi connectivity index (χ1v) is 8.52. The highest BCUT2D eigenvalue weighted by molar-refractivity contribution is 7.89. The molecule has 7 heteroatoms. The van der Waals surface area contributed by atoms with E-state index in [2.05, 4.69) is 15.5 Å². The third kappa shape index (κ3) is 3.05. The molecule has 0 bridgehead atoms. The van der Waals surface area contributed by atoms with Crippen LogP contribution in [0.5, 0.6) is 0 Å².